The number of hydrogen-bond donors (Lipinski definition) is 4. The highest BCUT2D eigenvalue weighted by Gasteiger charge is 2.35. The van der Waals surface area contributed by atoms with Crippen LogP contribution in [0.1, 0.15) is 48.5 Å². The van der Waals surface area contributed by atoms with Gasteiger partial charge in [-0.05, 0) is 103 Å². The Balaban J connectivity index is 0.00000661. The van der Waals surface area contributed by atoms with Gasteiger partial charge in [-0.25, -0.2) is 13.1 Å². The van der Waals surface area contributed by atoms with Gasteiger partial charge in [0.1, 0.15) is 5.69 Å². The van der Waals surface area contributed by atoms with Crippen LogP contribution in [0.4, 0.5) is 17.1 Å². The first-order chi connectivity index (χ1) is 29.9. The minimum atomic E-state index is -4.46. The summed E-state index contributed by atoms with van der Waals surface area (Å²) in [5, 5.41) is 29.1. The predicted octanol–water partition coefficient (Wildman–Crippen LogP) is 7.42. The van der Waals surface area contributed by atoms with E-state index in [1.165, 1.54) is 40.6 Å². The summed E-state index contributed by atoms with van der Waals surface area (Å²) >= 11 is 7.81. The highest BCUT2D eigenvalue weighted by Crippen LogP contribution is 2.44. The van der Waals surface area contributed by atoms with Gasteiger partial charge in [0.05, 0.1) is 9.82 Å². The molecule has 17 heteroatoms. The van der Waals surface area contributed by atoms with Crippen LogP contribution in [0.15, 0.2) is 112 Å². The van der Waals surface area contributed by atoms with E-state index >= 15 is 0 Å². The molecule has 338 valence electrons. The molecule has 13 nitrogen and oxygen atoms in total. The van der Waals surface area contributed by atoms with Gasteiger partial charge < -0.3 is 25.5 Å². The van der Waals surface area contributed by atoms with Gasteiger partial charge in [-0.3, -0.25) is 19.8 Å². The van der Waals surface area contributed by atoms with Crippen LogP contribution in [0.2, 0.25) is 5.02 Å². The topological polar surface area (TPSA) is 160 Å². The number of halogens is 2. The molecule has 2 saturated heterocycles. The fraction of sp³-hybridized carbons (Fsp3) is 0.413. The molecule has 2 aliphatic heterocycles. The lowest BCUT2D eigenvalue weighted by Gasteiger charge is -2.43. The smallest absolute Gasteiger partial charge is 0.293 e. The maximum absolute atomic E-state index is 13.4. The van der Waals surface area contributed by atoms with Crippen LogP contribution < -0.4 is 20.3 Å². The Morgan fingerprint density at radius 1 is 0.952 bits per heavy atom. The molecule has 1 aliphatic carbocycles. The second-order valence-corrected chi connectivity index (χ2v) is 20.0. The summed E-state index contributed by atoms with van der Waals surface area (Å²) in [7, 11) is -4.46. The maximum atomic E-state index is 13.4. The molecule has 2 atom stereocenters. The molecule has 3 aliphatic rings. The number of carbonyl (C=O) groups is 1. The summed E-state index contributed by atoms with van der Waals surface area (Å²) in [4.78, 5) is 32.7. The number of hydrogen-bond acceptors (Lipinski definition) is 12. The normalized spacial score (nSPS) is 19.3. The molecule has 0 bridgehead atoms. The summed E-state index contributed by atoms with van der Waals surface area (Å²) < 4.78 is 28.8. The third-order valence-corrected chi connectivity index (χ3v) is 14.8. The molecule has 63 heavy (non-hydrogen) atoms. The summed E-state index contributed by atoms with van der Waals surface area (Å²) in [6, 6.07) is 27.9. The van der Waals surface area contributed by atoms with Crippen molar-refractivity contribution in [2.45, 2.75) is 48.4 Å². The monoisotopic (exact) mass is 937 g/mol. The van der Waals surface area contributed by atoms with E-state index in [4.69, 9.17) is 11.6 Å². The van der Waals surface area contributed by atoms with Crippen LogP contribution in [0.3, 0.4) is 0 Å². The van der Waals surface area contributed by atoms with Crippen molar-refractivity contribution in [2.24, 2.45) is 5.41 Å². The van der Waals surface area contributed by atoms with Gasteiger partial charge in [-0.1, -0.05) is 54.4 Å². The third-order valence-electron chi connectivity index (χ3n) is 12.1. The van der Waals surface area contributed by atoms with Gasteiger partial charge in [-0.15, -0.1) is 24.2 Å². The molecule has 4 aromatic rings. The molecule has 1 amide bonds. The molecule has 0 spiro atoms. The number of anilines is 2. The molecule has 2 fully saturated rings. The van der Waals surface area contributed by atoms with E-state index in [1.807, 2.05) is 54.6 Å². The van der Waals surface area contributed by atoms with Crippen LogP contribution in [-0.2, 0) is 10.0 Å². The highest BCUT2D eigenvalue weighted by molar-refractivity contribution is 7.99. The first kappa shape index (κ1) is 48.3. The van der Waals surface area contributed by atoms with E-state index in [2.05, 4.69) is 49.1 Å². The average Bonchev–Trinajstić information content (AvgIpc) is 3.27. The van der Waals surface area contributed by atoms with Crippen molar-refractivity contribution in [1.82, 2.24) is 19.8 Å². The van der Waals surface area contributed by atoms with Crippen molar-refractivity contribution in [3.63, 3.8) is 0 Å². The largest absolute Gasteiger partial charge is 0.396 e. The Hall–Kier alpha value is -4.19. The second kappa shape index (κ2) is 22.1. The Morgan fingerprint density at radius 3 is 2.32 bits per heavy atom. The van der Waals surface area contributed by atoms with Crippen LogP contribution in [0.5, 0.6) is 0 Å². The molecule has 0 radical (unpaired) electrons. The Morgan fingerprint density at radius 2 is 1.65 bits per heavy atom. The molecule has 7 rings (SSSR count). The highest BCUT2D eigenvalue weighted by atomic mass is 35.5. The number of rotatable bonds is 17. The number of benzene rings is 4. The lowest BCUT2D eigenvalue weighted by atomic mass is 9.71. The number of nitro groups is 1. The van der Waals surface area contributed by atoms with Crippen molar-refractivity contribution in [2.75, 3.05) is 88.0 Å². The van der Waals surface area contributed by atoms with Crippen LogP contribution in [-0.4, -0.2) is 118 Å². The maximum Gasteiger partial charge on any atom is 0.293 e. The standard InChI is InChI=1S/C46H56ClN7O6S2.ClH/c1-46(33-52-22-20-48-21-23-52)19-17-42(34-7-11-37(47)12-8-34)36(30-46)31-51-24-26-53(27-25-51)39-13-9-35(10-14-39)45(56)50-62(59,60)41-15-16-43(44(29-41)54(57)58)49-38(18-28-55)32-61-40-5-3-2-4-6-40;/h2-16,29,38,48-49,55H,17-28,30-33H2,1H3,(H,50,56);1H/t38-,46?;/m1./s1. The number of allylic oxidation sites excluding steroid dienone is 1. The minimum absolute atomic E-state index is 0. The van der Waals surface area contributed by atoms with Gasteiger partial charge >= 0.3 is 0 Å². The van der Waals surface area contributed by atoms with Crippen LogP contribution in [0, 0.1) is 15.5 Å². The third kappa shape index (κ3) is 13.0. The zero-order valence-corrected chi connectivity index (χ0v) is 38.7. The van der Waals surface area contributed by atoms with Crippen LogP contribution in [0.25, 0.3) is 5.57 Å². The number of nitrogens with zero attached hydrogens (tertiary/aromatic N) is 4. The molecule has 1 unspecified atom stereocenters. The van der Waals surface area contributed by atoms with Crippen molar-refractivity contribution in [1.29, 1.82) is 0 Å². The van der Waals surface area contributed by atoms with Gasteiger partial charge in [0.15, 0.2) is 0 Å². The number of nitrogens with one attached hydrogen (secondary N) is 3. The summed E-state index contributed by atoms with van der Waals surface area (Å²) in [6.07, 6.45) is 3.59. The Labute approximate surface area is 386 Å². The number of piperazine rings is 2. The van der Waals surface area contributed by atoms with Crippen molar-refractivity contribution >= 4 is 74.3 Å². The molecule has 4 N–H and O–H groups in total. The van der Waals surface area contributed by atoms with Crippen molar-refractivity contribution < 1.29 is 23.2 Å². The van der Waals surface area contributed by atoms with Gasteiger partial charge in [0.2, 0.25) is 0 Å². The fourth-order valence-electron chi connectivity index (χ4n) is 8.74. The van der Waals surface area contributed by atoms with E-state index in [0.717, 1.165) is 106 Å². The lowest BCUT2D eigenvalue weighted by Crippen LogP contribution is -2.49. The molecule has 4 aromatic carbocycles. The number of amides is 1. The van der Waals surface area contributed by atoms with Crippen LogP contribution >= 0.6 is 35.8 Å². The minimum Gasteiger partial charge on any atom is -0.396 e. The average molecular weight is 939 g/mol. The zero-order chi connectivity index (χ0) is 43.7. The lowest BCUT2D eigenvalue weighted by molar-refractivity contribution is -0.384. The number of aliphatic hydroxyl groups excluding tert-OH is 1. The summed E-state index contributed by atoms with van der Waals surface area (Å²) in [6.45, 7) is 12.0. The van der Waals surface area contributed by atoms with Gasteiger partial charge in [-0.2, -0.15) is 0 Å². The zero-order valence-electron chi connectivity index (χ0n) is 35.5. The molecular formula is C46H57Cl2N7O6S2. The van der Waals surface area contributed by atoms with Gasteiger partial charge in [0, 0.05) is 111 Å². The Kier molecular flexibility index (Phi) is 17.0. The predicted molar refractivity (Wildman–Crippen MR) is 256 cm³/mol. The van der Waals surface area contributed by atoms with E-state index in [1.54, 1.807) is 12.1 Å². The van der Waals surface area contributed by atoms with Gasteiger partial charge in [0.25, 0.3) is 21.6 Å². The van der Waals surface area contributed by atoms with E-state index in [-0.39, 0.29) is 41.7 Å². The SMILES string of the molecule is CC1(CN2CCNCC2)CCC(c2ccc(Cl)cc2)=C(CN2CCN(c3ccc(C(=O)NS(=O)(=O)c4ccc(N[C@H](CCO)CSc5ccccc5)c([N+](=O)[O-])c4)cc3)CC2)C1.Cl. The molecule has 0 saturated carbocycles. The molecule has 0 aromatic heterocycles. The molecular weight excluding hydrogens is 882 g/mol. The second-order valence-electron chi connectivity index (χ2n) is 16.8. The van der Waals surface area contributed by atoms with E-state index in [0.29, 0.717) is 12.2 Å². The number of carbonyl (C=O) groups excluding carboxylic acids is 1. The quantitative estimate of drug-likeness (QED) is 0.0473. The number of thioether (sulfide) groups is 1. The van der Waals surface area contributed by atoms with Crippen molar-refractivity contribution in [3.05, 3.63) is 129 Å². The Bertz CT molecular complexity index is 2310. The van der Waals surface area contributed by atoms with E-state index < -0.39 is 31.4 Å². The first-order valence-corrected chi connectivity index (χ1v) is 24.1. The number of aliphatic hydroxyl groups is 1. The number of nitro benzene ring substituents is 1. The van der Waals surface area contributed by atoms with Crippen molar-refractivity contribution in [3.8, 4) is 0 Å². The summed E-state index contributed by atoms with van der Waals surface area (Å²) in [5.41, 5.74) is 5.17. The first-order valence-electron chi connectivity index (χ1n) is 21.3. The summed E-state index contributed by atoms with van der Waals surface area (Å²) in [5.74, 6) is -0.330. The van der Waals surface area contributed by atoms with E-state index in [9.17, 15) is 28.4 Å². The molecule has 2 heterocycles. The number of sulfonamides is 1. The fourth-order valence-corrected chi connectivity index (χ4v) is 10.9.